The van der Waals surface area contributed by atoms with Gasteiger partial charge in [0.25, 0.3) is 0 Å². The molecule has 1 aliphatic carbocycles. The second kappa shape index (κ2) is 11.6. The van der Waals surface area contributed by atoms with Gasteiger partial charge in [-0.25, -0.2) is 9.97 Å². The lowest BCUT2D eigenvalue weighted by Crippen LogP contribution is -2.52. The number of hydrogen-bond acceptors (Lipinski definition) is 8. The van der Waals surface area contributed by atoms with Gasteiger partial charge in [0.1, 0.15) is 11.6 Å². The summed E-state index contributed by atoms with van der Waals surface area (Å²) < 4.78 is 5.43. The van der Waals surface area contributed by atoms with Crippen molar-refractivity contribution in [1.29, 1.82) is 5.26 Å². The summed E-state index contributed by atoms with van der Waals surface area (Å²) in [6.07, 6.45) is 7.31. The molecule has 0 bridgehead atoms. The lowest BCUT2D eigenvalue weighted by molar-refractivity contribution is -0.125. The summed E-state index contributed by atoms with van der Waals surface area (Å²) in [4.78, 5) is 23.4. The molecule has 1 amide bonds. The van der Waals surface area contributed by atoms with Crippen LogP contribution in [0, 0.1) is 16.7 Å². The van der Waals surface area contributed by atoms with Gasteiger partial charge < -0.3 is 20.7 Å². The molecule has 4 heterocycles. The molecule has 0 spiro atoms. The number of carbonyl (C=O) groups excluding carboxylic acids is 1. The molecule has 3 aliphatic rings. The van der Waals surface area contributed by atoms with Crippen molar-refractivity contribution >= 4 is 29.1 Å². The molecule has 2 saturated heterocycles. The van der Waals surface area contributed by atoms with Crippen molar-refractivity contribution in [2.24, 2.45) is 5.41 Å². The van der Waals surface area contributed by atoms with Crippen molar-refractivity contribution in [2.45, 2.75) is 50.6 Å². The molecule has 0 aromatic carbocycles. The van der Waals surface area contributed by atoms with Crippen LogP contribution in [-0.2, 0) is 9.53 Å². The Hall–Kier alpha value is -2.93. The summed E-state index contributed by atoms with van der Waals surface area (Å²) in [5.74, 6) is 1.63. The van der Waals surface area contributed by atoms with E-state index in [1.807, 2.05) is 24.3 Å². The van der Waals surface area contributed by atoms with E-state index in [0.29, 0.717) is 49.2 Å². The molecule has 2 aromatic heterocycles. The van der Waals surface area contributed by atoms with E-state index in [0.717, 1.165) is 68.7 Å². The quantitative estimate of drug-likeness (QED) is 0.503. The summed E-state index contributed by atoms with van der Waals surface area (Å²) >= 11 is 6.54. The number of piperazine rings is 1. The molecule has 0 unspecified atom stereocenters. The summed E-state index contributed by atoms with van der Waals surface area (Å²) in [6, 6.07) is 11.0. The van der Waals surface area contributed by atoms with Crippen molar-refractivity contribution in [3.63, 3.8) is 0 Å². The van der Waals surface area contributed by atoms with Crippen LogP contribution in [-0.4, -0.2) is 72.3 Å². The standard InChI is InChI=1S/C27H34ClN7O2/c28-22-15-31-25(33-19-4-6-20(7-5-19)35-11-10-30-26(36)16-35)14-21(22)23-2-1-3-24(34-23)32-18-27(17-29)8-12-37-13-9-27/h1-3,14-15,19-20H,4-13,16,18H2,(H,30,36)(H,31,33)(H,32,34)/t19-,20+. The molecular formula is C27H34ClN7O2. The van der Waals surface area contributed by atoms with Gasteiger partial charge in [-0.05, 0) is 56.7 Å². The predicted octanol–water partition coefficient (Wildman–Crippen LogP) is 3.68. The van der Waals surface area contributed by atoms with Crippen LogP contribution in [0.2, 0.25) is 5.02 Å². The van der Waals surface area contributed by atoms with Crippen molar-refractivity contribution in [3.05, 3.63) is 35.5 Å². The number of aromatic nitrogens is 2. The van der Waals surface area contributed by atoms with Gasteiger partial charge in [0.2, 0.25) is 5.91 Å². The van der Waals surface area contributed by atoms with Crippen LogP contribution in [0.3, 0.4) is 0 Å². The fraction of sp³-hybridized carbons (Fsp3) is 0.556. The van der Waals surface area contributed by atoms with Crippen LogP contribution in [0.25, 0.3) is 11.3 Å². The average molecular weight is 524 g/mol. The number of hydrogen-bond donors (Lipinski definition) is 3. The largest absolute Gasteiger partial charge is 0.381 e. The highest BCUT2D eigenvalue weighted by molar-refractivity contribution is 6.33. The number of amides is 1. The zero-order chi connectivity index (χ0) is 25.7. The second-order valence-corrected chi connectivity index (χ2v) is 10.7. The van der Waals surface area contributed by atoms with Crippen LogP contribution >= 0.6 is 11.6 Å². The Morgan fingerprint density at radius 2 is 2.03 bits per heavy atom. The maximum Gasteiger partial charge on any atom is 0.234 e. The lowest BCUT2D eigenvalue weighted by Gasteiger charge is -2.38. The fourth-order valence-electron chi connectivity index (χ4n) is 5.51. The average Bonchev–Trinajstić information content (AvgIpc) is 2.94. The summed E-state index contributed by atoms with van der Waals surface area (Å²) in [6.45, 7) is 3.95. The van der Waals surface area contributed by atoms with Gasteiger partial charge in [0.05, 0.1) is 28.7 Å². The Labute approximate surface area is 222 Å². The molecule has 196 valence electrons. The van der Waals surface area contributed by atoms with Gasteiger partial charge in [0.15, 0.2) is 0 Å². The normalized spacial score (nSPS) is 24.1. The zero-order valence-electron chi connectivity index (χ0n) is 21.0. The first kappa shape index (κ1) is 25.7. The Kier molecular flexibility index (Phi) is 8.08. The zero-order valence-corrected chi connectivity index (χ0v) is 21.8. The molecule has 9 nitrogen and oxygen atoms in total. The molecule has 37 heavy (non-hydrogen) atoms. The van der Waals surface area contributed by atoms with Crippen LogP contribution < -0.4 is 16.0 Å². The highest BCUT2D eigenvalue weighted by atomic mass is 35.5. The minimum Gasteiger partial charge on any atom is -0.381 e. The van der Waals surface area contributed by atoms with Gasteiger partial charge in [0, 0.05) is 56.7 Å². The van der Waals surface area contributed by atoms with E-state index in [1.54, 1.807) is 6.20 Å². The van der Waals surface area contributed by atoms with Gasteiger partial charge >= 0.3 is 0 Å². The van der Waals surface area contributed by atoms with E-state index in [9.17, 15) is 10.1 Å². The van der Waals surface area contributed by atoms with Crippen molar-refractivity contribution in [3.8, 4) is 17.3 Å². The number of nitriles is 1. The summed E-state index contributed by atoms with van der Waals surface area (Å²) in [5, 5.41) is 20.1. The van der Waals surface area contributed by atoms with E-state index in [-0.39, 0.29) is 5.91 Å². The summed E-state index contributed by atoms with van der Waals surface area (Å²) in [7, 11) is 0. The smallest absolute Gasteiger partial charge is 0.234 e. The van der Waals surface area contributed by atoms with Crippen molar-refractivity contribution in [1.82, 2.24) is 20.2 Å². The molecule has 2 aliphatic heterocycles. The first-order valence-corrected chi connectivity index (χ1v) is 13.5. The van der Waals surface area contributed by atoms with Crippen LogP contribution in [0.1, 0.15) is 38.5 Å². The minimum absolute atomic E-state index is 0.130. The molecule has 10 heteroatoms. The van der Waals surface area contributed by atoms with Gasteiger partial charge in [-0.3, -0.25) is 9.69 Å². The third kappa shape index (κ3) is 6.32. The highest BCUT2D eigenvalue weighted by Crippen LogP contribution is 2.32. The molecule has 5 rings (SSSR count). The van der Waals surface area contributed by atoms with Gasteiger partial charge in [-0.2, -0.15) is 5.26 Å². The number of carbonyl (C=O) groups is 1. The Morgan fingerprint density at radius 3 is 2.78 bits per heavy atom. The number of rotatable bonds is 7. The van der Waals surface area contributed by atoms with Gasteiger partial charge in [-0.1, -0.05) is 17.7 Å². The molecule has 3 N–H and O–H groups in total. The molecule has 2 aromatic rings. The van der Waals surface area contributed by atoms with Crippen molar-refractivity contribution < 1.29 is 9.53 Å². The SMILES string of the molecule is N#CC1(CNc2cccc(-c3cc(N[C@H]4CC[C@@H](N5CCNC(=O)C5)CC4)ncc3Cl)n2)CCOCC1. The Morgan fingerprint density at radius 1 is 1.22 bits per heavy atom. The van der Waals surface area contributed by atoms with Crippen molar-refractivity contribution in [2.75, 3.05) is 50.0 Å². The first-order chi connectivity index (χ1) is 18.0. The number of halogens is 1. The third-order valence-electron chi connectivity index (χ3n) is 7.81. The Bertz CT molecular complexity index is 1140. The van der Waals surface area contributed by atoms with E-state index in [2.05, 4.69) is 31.9 Å². The minimum atomic E-state index is -0.430. The second-order valence-electron chi connectivity index (χ2n) is 10.3. The number of ether oxygens (including phenoxy) is 1. The van der Waals surface area contributed by atoms with E-state index in [4.69, 9.17) is 21.3 Å². The number of pyridine rings is 2. The first-order valence-electron chi connectivity index (χ1n) is 13.2. The molecule has 0 atom stereocenters. The number of nitrogens with one attached hydrogen (secondary N) is 3. The topological polar surface area (TPSA) is 115 Å². The monoisotopic (exact) mass is 523 g/mol. The maximum absolute atomic E-state index is 11.7. The van der Waals surface area contributed by atoms with Crippen LogP contribution in [0.15, 0.2) is 30.5 Å². The predicted molar refractivity (Wildman–Crippen MR) is 143 cm³/mol. The van der Waals surface area contributed by atoms with Crippen LogP contribution in [0.4, 0.5) is 11.6 Å². The van der Waals surface area contributed by atoms with Gasteiger partial charge in [-0.15, -0.1) is 0 Å². The molecule has 0 radical (unpaired) electrons. The van der Waals surface area contributed by atoms with E-state index in [1.165, 1.54) is 0 Å². The fourth-order valence-corrected chi connectivity index (χ4v) is 5.71. The highest BCUT2D eigenvalue weighted by Gasteiger charge is 2.33. The van der Waals surface area contributed by atoms with Crippen LogP contribution in [0.5, 0.6) is 0 Å². The lowest BCUT2D eigenvalue weighted by atomic mass is 9.82. The third-order valence-corrected chi connectivity index (χ3v) is 8.11. The number of nitrogens with zero attached hydrogens (tertiary/aromatic N) is 4. The number of anilines is 2. The summed E-state index contributed by atoms with van der Waals surface area (Å²) in [5.41, 5.74) is 1.14. The Balaban J connectivity index is 1.21. The molecule has 3 fully saturated rings. The van der Waals surface area contributed by atoms with E-state index >= 15 is 0 Å². The maximum atomic E-state index is 11.7. The van der Waals surface area contributed by atoms with E-state index < -0.39 is 5.41 Å². The molecular weight excluding hydrogens is 490 g/mol. The molecule has 1 saturated carbocycles.